The van der Waals surface area contributed by atoms with Crippen LogP contribution in [0.3, 0.4) is 0 Å². The smallest absolute Gasteiger partial charge is 0.165 e. The predicted molar refractivity (Wildman–Crippen MR) is 114 cm³/mol. The molecule has 2 aromatic carbocycles. The van der Waals surface area contributed by atoms with E-state index in [-0.39, 0.29) is 0 Å². The van der Waals surface area contributed by atoms with Gasteiger partial charge in [0.05, 0.1) is 16.4 Å². The molecule has 0 atom stereocenters. The summed E-state index contributed by atoms with van der Waals surface area (Å²) < 4.78 is 13.5. The van der Waals surface area contributed by atoms with Crippen molar-refractivity contribution in [3.8, 4) is 22.8 Å². The zero-order valence-corrected chi connectivity index (χ0v) is 16.4. The van der Waals surface area contributed by atoms with Crippen molar-refractivity contribution in [3.05, 3.63) is 65.3 Å². The van der Waals surface area contributed by atoms with Gasteiger partial charge in [0.25, 0.3) is 0 Å². The summed E-state index contributed by atoms with van der Waals surface area (Å²) in [5, 5.41) is 2.68. The van der Waals surface area contributed by atoms with Crippen LogP contribution < -0.4 is 19.9 Å². The second-order valence-corrected chi connectivity index (χ2v) is 7.56. The molecule has 0 spiro atoms. The molecular formula is C22H17ClN4O2. The minimum Gasteiger partial charge on any atom is -0.486 e. The Kier molecular flexibility index (Phi) is 3.46. The predicted octanol–water partition coefficient (Wildman–Crippen LogP) is 5.21. The lowest BCUT2D eigenvalue weighted by atomic mass is 10.1. The molecule has 7 heteroatoms. The van der Waals surface area contributed by atoms with Crippen LogP contribution in [0.15, 0.2) is 54.7 Å². The van der Waals surface area contributed by atoms with Gasteiger partial charge in [0.1, 0.15) is 24.6 Å². The fourth-order valence-electron chi connectivity index (χ4n) is 3.90. The number of aryl methyl sites for hydroxylation is 1. The number of anilines is 3. The summed E-state index contributed by atoms with van der Waals surface area (Å²) in [4.78, 5) is 4.92. The molecule has 0 aliphatic carbocycles. The number of hydrazine groups is 1. The number of hydrogen-bond donors (Lipinski definition) is 1. The van der Waals surface area contributed by atoms with Crippen molar-refractivity contribution in [2.24, 2.45) is 0 Å². The molecule has 2 aromatic heterocycles. The van der Waals surface area contributed by atoms with E-state index in [4.69, 9.17) is 26.1 Å². The number of nitrogens with zero attached hydrogens (tertiary/aromatic N) is 3. The van der Waals surface area contributed by atoms with Gasteiger partial charge in [-0.05, 0) is 48.9 Å². The summed E-state index contributed by atoms with van der Waals surface area (Å²) >= 11 is 6.57. The molecule has 0 saturated heterocycles. The van der Waals surface area contributed by atoms with Crippen molar-refractivity contribution < 1.29 is 9.47 Å². The lowest BCUT2D eigenvalue weighted by molar-refractivity contribution is 0.171. The summed E-state index contributed by atoms with van der Waals surface area (Å²) in [5.74, 6) is 2.39. The first-order valence-electron chi connectivity index (χ1n) is 9.43. The highest BCUT2D eigenvalue weighted by molar-refractivity contribution is 6.34. The number of rotatable bonds is 1. The Bertz CT molecular complexity index is 1280. The zero-order chi connectivity index (χ0) is 19.5. The summed E-state index contributed by atoms with van der Waals surface area (Å²) in [5.41, 5.74) is 9.08. The van der Waals surface area contributed by atoms with E-state index in [1.54, 1.807) is 0 Å². The molecule has 0 bridgehead atoms. The van der Waals surface area contributed by atoms with Crippen LogP contribution in [0.1, 0.15) is 5.56 Å². The second-order valence-electron chi connectivity index (χ2n) is 7.15. The van der Waals surface area contributed by atoms with Crippen molar-refractivity contribution in [1.82, 2.24) is 9.38 Å². The quantitative estimate of drug-likeness (QED) is 0.471. The van der Waals surface area contributed by atoms with E-state index in [0.717, 1.165) is 51.2 Å². The maximum atomic E-state index is 6.57. The summed E-state index contributed by atoms with van der Waals surface area (Å²) in [6.45, 7) is 3.17. The Balaban J connectivity index is 1.61. The first-order chi connectivity index (χ1) is 14.2. The van der Waals surface area contributed by atoms with E-state index in [0.29, 0.717) is 18.2 Å². The van der Waals surface area contributed by atoms with E-state index in [1.807, 2.05) is 47.6 Å². The average molecular weight is 405 g/mol. The van der Waals surface area contributed by atoms with Crippen molar-refractivity contribution in [2.45, 2.75) is 6.92 Å². The molecule has 2 aliphatic rings. The van der Waals surface area contributed by atoms with Crippen molar-refractivity contribution in [2.75, 3.05) is 23.6 Å². The number of halogens is 1. The van der Waals surface area contributed by atoms with Gasteiger partial charge >= 0.3 is 0 Å². The highest BCUT2D eigenvalue weighted by Crippen LogP contribution is 2.47. The largest absolute Gasteiger partial charge is 0.486 e. The SMILES string of the molecule is Cc1ccn2c3c(nc2c1)-c1c(Cl)cccc1NN3c1ccc2c(c1)OCCO2. The van der Waals surface area contributed by atoms with Crippen LogP contribution in [0.4, 0.5) is 17.2 Å². The van der Waals surface area contributed by atoms with Gasteiger partial charge in [-0.25, -0.2) is 9.99 Å². The summed E-state index contributed by atoms with van der Waals surface area (Å²) in [7, 11) is 0. The van der Waals surface area contributed by atoms with Gasteiger partial charge in [0.2, 0.25) is 0 Å². The fraction of sp³-hybridized carbons (Fsp3) is 0.136. The molecule has 0 radical (unpaired) electrons. The lowest BCUT2D eigenvalue weighted by Gasteiger charge is -2.32. The van der Waals surface area contributed by atoms with E-state index in [2.05, 4.69) is 28.9 Å². The second kappa shape index (κ2) is 6.06. The first kappa shape index (κ1) is 16.6. The molecule has 144 valence electrons. The molecular weight excluding hydrogens is 388 g/mol. The third-order valence-electron chi connectivity index (χ3n) is 5.23. The normalized spacial score (nSPS) is 14.3. The van der Waals surface area contributed by atoms with E-state index in [9.17, 15) is 0 Å². The fourth-order valence-corrected chi connectivity index (χ4v) is 4.17. The van der Waals surface area contributed by atoms with E-state index in [1.165, 1.54) is 0 Å². The molecule has 6 rings (SSSR count). The van der Waals surface area contributed by atoms with Crippen LogP contribution in [0.5, 0.6) is 11.5 Å². The standard InChI is InChI=1S/C22H17ClN4O2/c1-13-7-8-26-19(11-13)24-21-20-15(23)3-2-4-16(20)25-27(22(21)26)14-5-6-17-18(12-14)29-10-9-28-17/h2-8,11-12,25H,9-10H2,1H3. The molecule has 4 aromatic rings. The van der Waals surface area contributed by atoms with Gasteiger partial charge in [-0.2, -0.15) is 0 Å². The highest BCUT2D eigenvalue weighted by Gasteiger charge is 2.30. The number of aromatic nitrogens is 2. The number of nitrogens with one attached hydrogen (secondary N) is 1. The zero-order valence-electron chi connectivity index (χ0n) is 15.6. The minimum absolute atomic E-state index is 0.544. The molecule has 6 nitrogen and oxygen atoms in total. The molecule has 0 saturated carbocycles. The molecule has 29 heavy (non-hydrogen) atoms. The topological polar surface area (TPSA) is 51.0 Å². The molecule has 0 amide bonds. The maximum Gasteiger partial charge on any atom is 0.165 e. The Labute approximate surface area is 172 Å². The third kappa shape index (κ3) is 2.46. The van der Waals surface area contributed by atoms with Crippen molar-refractivity contribution >= 4 is 34.4 Å². The summed E-state index contributed by atoms with van der Waals surface area (Å²) in [6.07, 6.45) is 2.03. The van der Waals surface area contributed by atoms with E-state index < -0.39 is 0 Å². The molecule has 1 N–H and O–H groups in total. The lowest BCUT2D eigenvalue weighted by Crippen LogP contribution is -2.29. The van der Waals surface area contributed by atoms with Gasteiger partial charge < -0.3 is 9.47 Å². The van der Waals surface area contributed by atoms with Crippen LogP contribution in [0.25, 0.3) is 16.9 Å². The number of benzene rings is 2. The number of imidazole rings is 1. The van der Waals surface area contributed by atoms with Crippen molar-refractivity contribution in [1.29, 1.82) is 0 Å². The number of hydrogen-bond acceptors (Lipinski definition) is 5. The van der Waals surface area contributed by atoms with Crippen LogP contribution in [-0.2, 0) is 0 Å². The Morgan fingerprint density at radius 1 is 1.03 bits per heavy atom. The average Bonchev–Trinajstić information content (AvgIpc) is 3.11. The highest BCUT2D eigenvalue weighted by atomic mass is 35.5. The first-order valence-corrected chi connectivity index (χ1v) is 9.81. The number of fused-ring (bicyclic) bond motifs is 6. The molecule has 0 unspecified atom stereocenters. The van der Waals surface area contributed by atoms with Gasteiger partial charge in [-0.1, -0.05) is 17.7 Å². The molecule has 4 heterocycles. The van der Waals surface area contributed by atoms with Gasteiger partial charge in [-0.3, -0.25) is 9.83 Å². The van der Waals surface area contributed by atoms with Gasteiger partial charge in [0, 0.05) is 17.8 Å². The van der Waals surface area contributed by atoms with E-state index >= 15 is 0 Å². The van der Waals surface area contributed by atoms with Gasteiger partial charge in [0.15, 0.2) is 17.3 Å². The van der Waals surface area contributed by atoms with Gasteiger partial charge in [-0.15, -0.1) is 0 Å². The van der Waals surface area contributed by atoms with Crippen LogP contribution >= 0.6 is 11.6 Å². The van der Waals surface area contributed by atoms with Crippen LogP contribution in [0, 0.1) is 6.92 Å². The van der Waals surface area contributed by atoms with Crippen LogP contribution in [0.2, 0.25) is 5.02 Å². The number of pyridine rings is 1. The molecule has 2 aliphatic heterocycles. The Morgan fingerprint density at radius 2 is 1.90 bits per heavy atom. The van der Waals surface area contributed by atoms with Crippen molar-refractivity contribution in [3.63, 3.8) is 0 Å². The monoisotopic (exact) mass is 404 g/mol. The third-order valence-corrected chi connectivity index (χ3v) is 5.55. The number of ether oxygens (including phenoxy) is 2. The maximum absolute atomic E-state index is 6.57. The molecule has 0 fully saturated rings. The Hall–Kier alpha value is -3.38. The minimum atomic E-state index is 0.544. The summed E-state index contributed by atoms with van der Waals surface area (Å²) in [6, 6.07) is 15.9. The Morgan fingerprint density at radius 3 is 2.79 bits per heavy atom. The van der Waals surface area contributed by atoms with Crippen LogP contribution in [-0.4, -0.2) is 22.6 Å².